The largest absolute Gasteiger partial charge is 0.486 e. The standard InChI is InChI=1S/C24H20N2O4S/c1-14-5-7-17(12-15(14)2)26-23(27)21(20-4-3-11-31-20)22(24(26)28)25-16-6-8-18-19(13-16)30-10-9-29-18/h3-8,11-13,25H,9-10H2,1-2H3. The number of nitrogens with one attached hydrogen (secondary N) is 1. The molecule has 2 amide bonds. The quantitative estimate of drug-likeness (QED) is 0.614. The van der Waals surface area contributed by atoms with Gasteiger partial charge in [0.1, 0.15) is 18.9 Å². The lowest BCUT2D eigenvalue weighted by Gasteiger charge is -2.19. The molecule has 0 spiro atoms. The van der Waals surface area contributed by atoms with Crippen LogP contribution in [-0.4, -0.2) is 25.0 Å². The van der Waals surface area contributed by atoms with E-state index in [0.717, 1.165) is 16.0 Å². The average Bonchev–Trinajstić information content (AvgIpc) is 3.37. The Kier molecular flexibility index (Phi) is 4.75. The summed E-state index contributed by atoms with van der Waals surface area (Å²) in [6.07, 6.45) is 0. The van der Waals surface area contributed by atoms with Gasteiger partial charge < -0.3 is 14.8 Å². The molecule has 5 rings (SSSR count). The van der Waals surface area contributed by atoms with Gasteiger partial charge in [-0.05, 0) is 60.7 Å². The Bertz CT molecular complexity index is 1230. The minimum absolute atomic E-state index is 0.252. The summed E-state index contributed by atoms with van der Waals surface area (Å²) in [4.78, 5) is 28.8. The molecular weight excluding hydrogens is 412 g/mol. The van der Waals surface area contributed by atoms with E-state index >= 15 is 0 Å². The number of benzene rings is 2. The Hall–Kier alpha value is -3.58. The summed E-state index contributed by atoms with van der Waals surface area (Å²) in [5.74, 6) is 0.550. The van der Waals surface area contributed by atoms with Crippen LogP contribution in [0.15, 0.2) is 59.6 Å². The number of thiophene rings is 1. The molecule has 0 unspecified atom stereocenters. The summed E-state index contributed by atoms with van der Waals surface area (Å²) in [5.41, 5.74) is 3.95. The maximum atomic E-state index is 13.4. The van der Waals surface area contributed by atoms with Crippen molar-refractivity contribution in [2.75, 3.05) is 23.4 Å². The third-order valence-electron chi connectivity index (χ3n) is 5.41. The highest BCUT2D eigenvalue weighted by atomic mass is 32.1. The first kappa shape index (κ1) is 19.4. The van der Waals surface area contributed by atoms with Gasteiger partial charge in [-0.2, -0.15) is 0 Å². The van der Waals surface area contributed by atoms with Crippen LogP contribution in [0, 0.1) is 13.8 Å². The Morgan fingerprint density at radius 1 is 0.903 bits per heavy atom. The van der Waals surface area contributed by atoms with Crippen LogP contribution in [0.3, 0.4) is 0 Å². The number of rotatable bonds is 4. The van der Waals surface area contributed by atoms with E-state index in [2.05, 4.69) is 5.32 Å². The molecule has 0 fully saturated rings. The predicted octanol–water partition coefficient (Wildman–Crippen LogP) is 4.53. The van der Waals surface area contributed by atoms with E-state index in [4.69, 9.17) is 9.47 Å². The van der Waals surface area contributed by atoms with E-state index in [-0.39, 0.29) is 17.5 Å². The lowest BCUT2D eigenvalue weighted by atomic mass is 10.1. The second-order valence-corrected chi connectivity index (χ2v) is 8.37. The Morgan fingerprint density at radius 3 is 2.45 bits per heavy atom. The number of aryl methyl sites for hydroxylation is 2. The Labute approximate surface area is 183 Å². The normalized spacial score (nSPS) is 15.6. The van der Waals surface area contributed by atoms with Gasteiger partial charge in [0.05, 0.1) is 11.3 Å². The maximum absolute atomic E-state index is 13.4. The SMILES string of the molecule is Cc1ccc(N2C(=O)C(Nc3ccc4c(c3)OCCO4)=C(c3cccs3)C2=O)cc1C. The molecule has 2 aliphatic heterocycles. The molecule has 0 saturated carbocycles. The van der Waals surface area contributed by atoms with Gasteiger partial charge in [-0.1, -0.05) is 12.1 Å². The van der Waals surface area contributed by atoms with Gasteiger partial charge >= 0.3 is 0 Å². The van der Waals surface area contributed by atoms with Crippen LogP contribution in [0.5, 0.6) is 11.5 Å². The fourth-order valence-electron chi connectivity index (χ4n) is 3.66. The zero-order valence-electron chi connectivity index (χ0n) is 17.1. The number of hydrogen-bond donors (Lipinski definition) is 1. The second-order valence-electron chi connectivity index (χ2n) is 7.43. The summed E-state index contributed by atoms with van der Waals surface area (Å²) in [5, 5.41) is 5.06. The Morgan fingerprint density at radius 2 is 1.71 bits per heavy atom. The number of fused-ring (bicyclic) bond motifs is 1. The summed E-state index contributed by atoms with van der Waals surface area (Å²) in [6.45, 7) is 4.94. The molecule has 0 aliphatic carbocycles. The van der Waals surface area contributed by atoms with Crippen LogP contribution < -0.4 is 19.7 Å². The number of carbonyl (C=O) groups is 2. The third-order valence-corrected chi connectivity index (χ3v) is 6.30. The van der Waals surface area contributed by atoms with E-state index in [1.54, 1.807) is 18.2 Å². The topological polar surface area (TPSA) is 67.9 Å². The first-order chi connectivity index (χ1) is 15.0. The molecule has 2 aromatic carbocycles. The number of carbonyl (C=O) groups excluding carboxylic acids is 2. The number of anilines is 2. The smallest absolute Gasteiger partial charge is 0.282 e. The Balaban J connectivity index is 1.56. The van der Waals surface area contributed by atoms with Crippen LogP contribution in [0.1, 0.15) is 16.0 Å². The highest BCUT2D eigenvalue weighted by Crippen LogP contribution is 2.38. The lowest BCUT2D eigenvalue weighted by Crippen LogP contribution is -2.32. The highest BCUT2D eigenvalue weighted by molar-refractivity contribution is 7.11. The monoisotopic (exact) mass is 432 g/mol. The molecule has 0 atom stereocenters. The van der Waals surface area contributed by atoms with Crippen LogP contribution in [0.4, 0.5) is 11.4 Å². The highest BCUT2D eigenvalue weighted by Gasteiger charge is 2.40. The molecule has 0 saturated heterocycles. The molecular formula is C24H20N2O4S. The molecule has 6 nitrogen and oxygen atoms in total. The third kappa shape index (κ3) is 3.37. The zero-order chi connectivity index (χ0) is 21.5. The number of ether oxygens (including phenoxy) is 2. The van der Waals surface area contributed by atoms with Crippen molar-refractivity contribution in [3.63, 3.8) is 0 Å². The van der Waals surface area contributed by atoms with E-state index < -0.39 is 0 Å². The molecule has 0 bridgehead atoms. The van der Waals surface area contributed by atoms with Gasteiger partial charge in [0.25, 0.3) is 11.8 Å². The van der Waals surface area contributed by atoms with Crippen LogP contribution in [-0.2, 0) is 9.59 Å². The number of nitrogens with zero attached hydrogens (tertiary/aromatic N) is 1. The van der Waals surface area contributed by atoms with Crippen molar-refractivity contribution in [3.05, 3.63) is 75.6 Å². The molecule has 7 heteroatoms. The van der Waals surface area contributed by atoms with Crippen molar-refractivity contribution < 1.29 is 19.1 Å². The molecule has 156 valence electrons. The van der Waals surface area contributed by atoms with E-state index in [1.807, 2.05) is 49.6 Å². The minimum atomic E-state index is -0.383. The molecule has 0 radical (unpaired) electrons. The van der Waals surface area contributed by atoms with E-state index in [9.17, 15) is 9.59 Å². The maximum Gasteiger partial charge on any atom is 0.282 e. The van der Waals surface area contributed by atoms with Crippen LogP contribution in [0.2, 0.25) is 0 Å². The van der Waals surface area contributed by atoms with Crippen LogP contribution >= 0.6 is 11.3 Å². The molecule has 2 aliphatic rings. The number of hydrogen-bond acceptors (Lipinski definition) is 6. The lowest BCUT2D eigenvalue weighted by molar-refractivity contribution is -0.120. The fourth-order valence-corrected chi connectivity index (χ4v) is 4.43. The van der Waals surface area contributed by atoms with E-state index in [0.29, 0.717) is 41.7 Å². The zero-order valence-corrected chi connectivity index (χ0v) is 17.9. The molecule has 1 N–H and O–H groups in total. The van der Waals surface area contributed by atoms with Gasteiger partial charge in [-0.25, -0.2) is 4.90 Å². The average molecular weight is 433 g/mol. The molecule has 1 aromatic heterocycles. The summed E-state index contributed by atoms with van der Waals surface area (Å²) < 4.78 is 11.2. The summed E-state index contributed by atoms with van der Waals surface area (Å²) >= 11 is 1.42. The van der Waals surface area contributed by atoms with Crippen molar-refractivity contribution in [3.8, 4) is 11.5 Å². The van der Waals surface area contributed by atoms with Crippen LogP contribution in [0.25, 0.3) is 5.57 Å². The van der Waals surface area contributed by atoms with Gasteiger partial charge in [0.2, 0.25) is 0 Å². The van der Waals surface area contributed by atoms with Crippen molar-refractivity contribution in [2.45, 2.75) is 13.8 Å². The van der Waals surface area contributed by atoms with Gasteiger partial charge in [-0.3, -0.25) is 9.59 Å². The van der Waals surface area contributed by atoms with Gasteiger partial charge in [-0.15, -0.1) is 11.3 Å². The van der Waals surface area contributed by atoms with Crippen molar-refractivity contribution >= 4 is 40.1 Å². The molecule has 3 heterocycles. The van der Waals surface area contributed by atoms with Crippen molar-refractivity contribution in [2.24, 2.45) is 0 Å². The number of amides is 2. The van der Waals surface area contributed by atoms with Crippen molar-refractivity contribution in [1.29, 1.82) is 0 Å². The van der Waals surface area contributed by atoms with Gasteiger partial charge in [0.15, 0.2) is 11.5 Å². The fraction of sp³-hybridized carbons (Fsp3) is 0.167. The first-order valence-electron chi connectivity index (χ1n) is 9.94. The van der Waals surface area contributed by atoms with Crippen molar-refractivity contribution in [1.82, 2.24) is 0 Å². The molecule has 3 aromatic rings. The summed E-state index contributed by atoms with van der Waals surface area (Å²) in [6, 6.07) is 14.7. The number of imide groups is 1. The predicted molar refractivity (Wildman–Crippen MR) is 121 cm³/mol. The first-order valence-corrected chi connectivity index (χ1v) is 10.8. The molecule has 31 heavy (non-hydrogen) atoms. The minimum Gasteiger partial charge on any atom is -0.486 e. The van der Waals surface area contributed by atoms with E-state index in [1.165, 1.54) is 16.2 Å². The second kappa shape index (κ2) is 7.59. The van der Waals surface area contributed by atoms with Gasteiger partial charge in [0, 0.05) is 16.6 Å². The summed E-state index contributed by atoms with van der Waals surface area (Å²) in [7, 11) is 0.